The Hall–Kier alpha value is -3.65. The van der Waals surface area contributed by atoms with Crippen molar-refractivity contribution in [1.82, 2.24) is 9.38 Å². The zero-order valence-corrected chi connectivity index (χ0v) is 22.6. The highest BCUT2D eigenvalue weighted by molar-refractivity contribution is 6.29. The first-order chi connectivity index (χ1) is 18.5. The molecule has 4 aromatic carbocycles. The van der Waals surface area contributed by atoms with Crippen LogP contribution in [0.5, 0.6) is 0 Å². The monoisotopic (exact) mass is 494 g/mol. The highest BCUT2D eigenvalue weighted by Gasteiger charge is 2.25. The molecule has 1 aliphatic carbocycles. The lowest BCUT2D eigenvalue weighted by molar-refractivity contribution is 0.413. The Bertz CT molecular complexity index is 2010. The van der Waals surface area contributed by atoms with E-state index in [0.29, 0.717) is 0 Å². The molecule has 0 radical (unpaired) electrons. The first kappa shape index (κ1) is 22.3. The van der Waals surface area contributed by atoms with Crippen LogP contribution in [-0.4, -0.2) is 9.38 Å². The molecule has 0 aliphatic heterocycles. The topological polar surface area (TPSA) is 17.3 Å². The van der Waals surface area contributed by atoms with Gasteiger partial charge < -0.3 is 4.40 Å². The van der Waals surface area contributed by atoms with Crippen LogP contribution < -0.4 is 0 Å². The molecule has 0 saturated heterocycles. The fraction of sp³-hybridized carbons (Fsp3) is 0.306. The lowest BCUT2D eigenvalue weighted by atomic mass is 9.84. The van der Waals surface area contributed by atoms with Crippen molar-refractivity contribution >= 4 is 59.8 Å². The van der Waals surface area contributed by atoms with E-state index < -0.39 is 0 Å². The van der Waals surface area contributed by atoms with E-state index in [1.54, 1.807) is 0 Å². The molecule has 1 aliphatic rings. The van der Waals surface area contributed by atoms with Crippen molar-refractivity contribution in [3.05, 3.63) is 84.1 Å². The van der Waals surface area contributed by atoms with Crippen LogP contribution >= 0.6 is 0 Å². The largest absolute Gasteiger partial charge is 0.308 e. The van der Waals surface area contributed by atoms with Crippen LogP contribution in [0.3, 0.4) is 0 Å². The van der Waals surface area contributed by atoms with Crippen LogP contribution in [0.1, 0.15) is 57.6 Å². The van der Waals surface area contributed by atoms with Crippen molar-refractivity contribution in [3.8, 4) is 0 Å². The average Bonchev–Trinajstić information content (AvgIpc) is 3.54. The molecule has 0 unspecified atom stereocenters. The van der Waals surface area contributed by atoms with Crippen LogP contribution in [0.15, 0.2) is 72.9 Å². The van der Waals surface area contributed by atoms with Gasteiger partial charge in [-0.2, -0.15) is 0 Å². The van der Waals surface area contributed by atoms with E-state index in [-0.39, 0.29) is 5.41 Å². The molecule has 0 N–H and O–H groups in total. The minimum Gasteiger partial charge on any atom is -0.308 e. The minimum absolute atomic E-state index is 0.157. The molecule has 2 nitrogen and oxygen atoms in total. The number of hydrogen-bond acceptors (Lipinski definition) is 1. The number of fused-ring (bicyclic) bond motifs is 7. The zero-order valence-electron chi connectivity index (χ0n) is 22.6. The van der Waals surface area contributed by atoms with Gasteiger partial charge in [0.1, 0.15) is 0 Å². The van der Waals surface area contributed by atoms with Gasteiger partial charge in [-0.15, -0.1) is 0 Å². The average molecular weight is 495 g/mol. The van der Waals surface area contributed by atoms with Gasteiger partial charge in [-0.05, 0) is 69.7 Å². The zero-order chi connectivity index (χ0) is 25.6. The Balaban J connectivity index is 1.63. The van der Waals surface area contributed by atoms with Crippen LogP contribution in [0.4, 0.5) is 0 Å². The molecular formula is C36H34N2. The Labute approximate surface area is 223 Å². The van der Waals surface area contributed by atoms with Gasteiger partial charge in [-0.25, -0.2) is 0 Å². The predicted octanol–water partition coefficient (Wildman–Crippen LogP) is 9.86. The summed E-state index contributed by atoms with van der Waals surface area (Å²) in [5, 5.41) is 9.36. The maximum absolute atomic E-state index is 5.07. The third kappa shape index (κ3) is 3.16. The molecule has 2 heteroatoms. The third-order valence-corrected chi connectivity index (χ3v) is 9.06. The number of pyridine rings is 2. The molecule has 38 heavy (non-hydrogen) atoms. The summed E-state index contributed by atoms with van der Waals surface area (Å²) in [5.41, 5.74) is 8.29. The molecule has 1 saturated carbocycles. The molecule has 3 aromatic heterocycles. The Morgan fingerprint density at radius 3 is 2.47 bits per heavy atom. The van der Waals surface area contributed by atoms with E-state index in [4.69, 9.17) is 4.98 Å². The molecule has 0 bridgehead atoms. The Morgan fingerprint density at radius 2 is 1.63 bits per heavy atom. The van der Waals surface area contributed by atoms with Gasteiger partial charge in [-0.1, -0.05) is 95.0 Å². The van der Waals surface area contributed by atoms with E-state index in [0.717, 1.165) is 17.9 Å². The fourth-order valence-corrected chi connectivity index (χ4v) is 7.58. The second-order valence-corrected chi connectivity index (χ2v) is 12.9. The van der Waals surface area contributed by atoms with Gasteiger partial charge in [0.2, 0.25) is 0 Å². The summed E-state index contributed by atoms with van der Waals surface area (Å²) < 4.78 is 2.63. The normalized spacial score (nSPS) is 15.4. The van der Waals surface area contributed by atoms with Gasteiger partial charge in [-0.3, -0.25) is 4.98 Å². The van der Waals surface area contributed by atoms with E-state index in [9.17, 15) is 0 Å². The van der Waals surface area contributed by atoms with Crippen LogP contribution in [0.2, 0.25) is 0 Å². The van der Waals surface area contributed by atoms with Gasteiger partial charge in [0.15, 0.2) is 0 Å². The lowest BCUT2D eigenvalue weighted by Gasteiger charge is -2.23. The molecule has 1 fully saturated rings. The van der Waals surface area contributed by atoms with Gasteiger partial charge in [0, 0.05) is 27.7 Å². The molecule has 3 heterocycles. The standard InChI is InChI=1S/C36H34N2/c1-36(2,3)21-29-26-13-7-6-11-24(26)20-28-33-32-23(17-18-37-33)15-16-27-31-25(19-22-9-4-5-10-22)12-8-14-30(31)38(34(28)29)35(27)32/h6-8,11-18,20,22H,4-5,9-10,19,21H2,1-3H3. The number of benzene rings is 4. The van der Waals surface area contributed by atoms with E-state index in [2.05, 4.69) is 91.9 Å². The van der Waals surface area contributed by atoms with Crippen molar-refractivity contribution in [1.29, 1.82) is 0 Å². The summed E-state index contributed by atoms with van der Waals surface area (Å²) in [7, 11) is 0. The van der Waals surface area contributed by atoms with Crippen LogP contribution in [-0.2, 0) is 12.8 Å². The van der Waals surface area contributed by atoms with Crippen molar-refractivity contribution in [2.45, 2.75) is 59.3 Å². The number of aromatic nitrogens is 2. The smallest absolute Gasteiger partial charge is 0.0823 e. The van der Waals surface area contributed by atoms with Crippen LogP contribution in [0, 0.1) is 11.3 Å². The SMILES string of the molecule is CC(C)(C)Cc1c2ccccc2cc2c3nccc4ccc5c6c(CC7CCCC7)cccc6n(c12)c5c43. The first-order valence-electron chi connectivity index (χ1n) is 14.4. The van der Waals surface area contributed by atoms with Gasteiger partial charge in [0.25, 0.3) is 0 Å². The summed E-state index contributed by atoms with van der Waals surface area (Å²) in [4.78, 5) is 5.07. The van der Waals surface area contributed by atoms with Crippen molar-refractivity contribution in [2.75, 3.05) is 0 Å². The number of rotatable bonds is 3. The van der Waals surface area contributed by atoms with E-state index >= 15 is 0 Å². The summed E-state index contributed by atoms with van der Waals surface area (Å²) in [6.07, 6.45) is 9.71. The predicted molar refractivity (Wildman–Crippen MR) is 163 cm³/mol. The van der Waals surface area contributed by atoms with Crippen molar-refractivity contribution in [2.24, 2.45) is 11.3 Å². The summed E-state index contributed by atoms with van der Waals surface area (Å²) in [5.74, 6) is 0.814. The number of hydrogen-bond donors (Lipinski definition) is 0. The molecule has 0 amide bonds. The maximum Gasteiger partial charge on any atom is 0.0823 e. The van der Waals surface area contributed by atoms with Crippen molar-refractivity contribution in [3.63, 3.8) is 0 Å². The Morgan fingerprint density at radius 1 is 0.789 bits per heavy atom. The van der Waals surface area contributed by atoms with E-state index in [1.807, 2.05) is 6.20 Å². The summed E-state index contributed by atoms with van der Waals surface area (Å²) >= 11 is 0. The number of nitrogens with zero attached hydrogens (tertiary/aromatic N) is 2. The summed E-state index contributed by atoms with van der Waals surface area (Å²) in [6, 6.07) is 25.3. The fourth-order valence-electron chi connectivity index (χ4n) is 7.58. The quantitative estimate of drug-likeness (QED) is 0.176. The molecule has 8 rings (SSSR count). The maximum atomic E-state index is 5.07. The second kappa shape index (κ2) is 7.93. The molecule has 0 atom stereocenters. The lowest BCUT2D eigenvalue weighted by Crippen LogP contribution is -2.11. The van der Waals surface area contributed by atoms with Gasteiger partial charge >= 0.3 is 0 Å². The molecular weight excluding hydrogens is 460 g/mol. The van der Waals surface area contributed by atoms with Crippen molar-refractivity contribution < 1.29 is 0 Å². The summed E-state index contributed by atoms with van der Waals surface area (Å²) in [6.45, 7) is 7.08. The highest BCUT2D eigenvalue weighted by atomic mass is 14.9. The van der Waals surface area contributed by atoms with E-state index in [1.165, 1.54) is 97.5 Å². The Kier molecular flexibility index (Phi) is 4.66. The molecule has 188 valence electrons. The second-order valence-electron chi connectivity index (χ2n) is 12.9. The molecule has 0 spiro atoms. The molecule has 7 aromatic rings. The minimum atomic E-state index is 0.157. The third-order valence-electron chi connectivity index (χ3n) is 9.06. The van der Waals surface area contributed by atoms with Gasteiger partial charge in [0.05, 0.1) is 22.1 Å². The van der Waals surface area contributed by atoms with Crippen LogP contribution in [0.25, 0.3) is 59.8 Å². The first-order valence-corrected chi connectivity index (χ1v) is 14.4. The highest BCUT2D eigenvalue weighted by Crippen LogP contribution is 2.45.